The van der Waals surface area contributed by atoms with Gasteiger partial charge in [-0.1, -0.05) is 57.5 Å². The zero-order valence-electron chi connectivity index (χ0n) is 16.9. The lowest BCUT2D eigenvalue weighted by Gasteiger charge is -2.40. The minimum Gasteiger partial charge on any atom is -0.375 e. The summed E-state index contributed by atoms with van der Waals surface area (Å²) in [6.45, 7) is 9.04. The number of piperidine rings is 1. The first kappa shape index (κ1) is 18.9. The largest absolute Gasteiger partial charge is 0.375 e. The summed E-state index contributed by atoms with van der Waals surface area (Å²) in [5, 5.41) is 14.7. The number of fused-ring (bicyclic) bond motifs is 1. The number of aliphatic hydroxyl groups is 1. The van der Waals surface area contributed by atoms with Crippen molar-refractivity contribution in [3.05, 3.63) is 35.9 Å². The summed E-state index contributed by atoms with van der Waals surface area (Å²) in [6, 6.07) is 10.4. The van der Waals surface area contributed by atoms with Crippen LogP contribution in [0.25, 0.3) is 0 Å². The first-order valence-electron chi connectivity index (χ1n) is 10.8. The zero-order valence-corrected chi connectivity index (χ0v) is 16.9. The van der Waals surface area contributed by atoms with E-state index in [1.165, 1.54) is 6.42 Å². The molecule has 1 heterocycles. The fraction of sp³-hybridized carbons (Fsp3) is 0.696. The van der Waals surface area contributed by atoms with E-state index in [4.69, 9.17) is 0 Å². The molecule has 27 heavy (non-hydrogen) atoms. The van der Waals surface area contributed by atoms with Crippen molar-refractivity contribution in [1.29, 1.82) is 0 Å². The Morgan fingerprint density at radius 3 is 2.33 bits per heavy atom. The quantitative estimate of drug-likeness (QED) is 0.775. The maximum absolute atomic E-state index is 13.2. The predicted molar refractivity (Wildman–Crippen MR) is 107 cm³/mol. The average Bonchev–Trinajstić information content (AvgIpc) is 3.04. The summed E-state index contributed by atoms with van der Waals surface area (Å²) >= 11 is 0. The molecule has 4 rings (SSSR count). The molecule has 4 nitrogen and oxygen atoms in total. The maximum atomic E-state index is 13.2. The molecule has 148 valence electrons. The molecule has 4 heteroatoms. The molecule has 3 fully saturated rings. The number of carbonyl (C=O) groups excluding carboxylic acids is 1. The van der Waals surface area contributed by atoms with Crippen molar-refractivity contribution in [2.75, 3.05) is 13.1 Å². The van der Waals surface area contributed by atoms with E-state index in [2.05, 4.69) is 31.0 Å². The number of carbonyl (C=O) groups is 1. The van der Waals surface area contributed by atoms with Crippen molar-refractivity contribution in [3.8, 4) is 0 Å². The van der Waals surface area contributed by atoms with Crippen LogP contribution in [0.2, 0.25) is 0 Å². The van der Waals surface area contributed by atoms with Gasteiger partial charge < -0.3 is 10.4 Å². The van der Waals surface area contributed by atoms with E-state index >= 15 is 0 Å². The second kappa shape index (κ2) is 7.21. The van der Waals surface area contributed by atoms with Crippen molar-refractivity contribution >= 4 is 5.91 Å². The highest BCUT2D eigenvalue weighted by atomic mass is 16.3. The monoisotopic (exact) mass is 370 g/mol. The summed E-state index contributed by atoms with van der Waals surface area (Å²) in [5.74, 6) is 1.65. The Morgan fingerprint density at radius 2 is 1.85 bits per heavy atom. The molecule has 5 atom stereocenters. The molecule has 1 aromatic rings. The fourth-order valence-electron chi connectivity index (χ4n) is 5.53. The minimum absolute atomic E-state index is 0.0420. The molecule has 1 aromatic carbocycles. The SMILES string of the molecule is CCC(C(C)C)N1CC2C(NC(=O)C(O)(c3ccccc3)C3CCC3)[C@H]2C1. The van der Waals surface area contributed by atoms with Crippen molar-refractivity contribution in [1.82, 2.24) is 10.2 Å². The number of rotatable bonds is 7. The second-order valence-corrected chi connectivity index (χ2v) is 9.26. The molecule has 2 saturated carbocycles. The molecule has 1 saturated heterocycles. The Hall–Kier alpha value is -1.39. The molecule has 0 bridgehead atoms. The summed E-state index contributed by atoms with van der Waals surface area (Å²) < 4.78 is 0. The van der Waals surface area contributed by atoms with E-state index in [0.717, 1.165) is 37.9 Å². The van der Waals surface area contributed by atoms with Crippen LogP contribution in [0.3, 0.4) is 0 Å². The number of likely N-dealkylation sites (tertiary alicyclic amines) is 1. The first-order chi connectivity index (χ1) is 13.0. The van der Waals surface area contributed by atoms with Crippen LogP contribution in [0.5, 0.6) is 0 Å². The van der Waals surface area contributed by atoms with Crippen molar-refractivity contribution < 1.29 is 9.90 Å². The molecular formula is C23H34N2O2. The number of nitrogens with one attached hydrogen (secondary N) is 1. The van der Waals surface area contributed by atoms with Crippen LogP contribution >= 0.6 is 0 Å². The van der Waals surface area contributed by atoms with Crippen LogP contribution in [0.15, 0.2) is 30.3 Å². The molecule has 0 aromatic heterocycles. The molecule has 1 aliphatic heterocycles. The van der Waals surface area contributed by atoms with Gasteiger partial charge in [0.2, 0.25) is 0 Å². The molecule has 0 spiro atoms. The van der Waals surface area contributed by atoms with E-state index in [0.29, 0.717) is 23.8 Å². The number of hydrogen-bond acceptors (Lipinski definition) is 3. The average molecular weight is 371 g/mol. The third kappa shape index (κ3) is 3.21. The summed E-state index contributed by atoms with van der Waals surface area (Å²) in [4.78, 5) is 15.8. The van der Waals surface area contributed by atoms with Crippen LogP contribution in [-0.4, -0.2) is 41.1 Å². The molecule has 1 amide bonds. The Morgan fingerprint density at radius 1 is 1.22 bits per heavy atom. The van der Waals surface area contributed by atoms with Gasteiger partial charge in [-0.05, 0) is 42.6 Å². The molecular weight excluding hydrogens is 336 g/mol. The molecule has 2 aliphatic carbocycles. The van der Waals surface area contributed by atoms with Gasteiger partial charge in [0.05, 0.1) is 0 Å². The summed E-state index contributed by atoms with van der Waals surface area (Å²) in [5.41, 5.74) is -0.634. The number of amides is 1. The lowest BCUT2D eigenvalue weighted by atomic mass is 9.69. The second-order valence-electron chi connectivity index (χ2n) is 9.26. The molecule has 0 radical (unpaired) electrons. The van der Waals surface area contributed by atoms with E-state index in [1.807, 2.05) is 30.3 Å². The lowest BCUT2D eigenvalue weighted by Crippen LogP contribution is -2.53. The van der Waals surface area contributed by atoms with Gasteiger partial charge in [0.15, 0.2) is 5.60 Å². The van der Waals surface area contributed by atoms with Gasteiger partial charge in [-0.2, -0.15) is 0 Å². The van der Waals surface area contributed by atoms with E-state index in [-0.39, 0.29) is 17.9 Å². The van der Waals surface area contributed by atoms with Gasteiger partial charge >= 0.3 is 0 Å². The van der Waals surface area contributed by atoms with Crippen LogP contribution in [0.4, 0.5) is 0 Å². The van der Waals surface area contributed by atoms with Gasteiger partial charge in [0.25, 0.3) is 5.91 Å². The smallest absolute Gasteiger partial charge is 0.257 e. The third-order valence-corrected chi connectivity index (χ3v) is 7.43. The zero-order chi connectivity index (χ0) is 19.2. The van der Waals surface area contributed by atoms with Crippen LogP contribution in [0.1, 0.15) is 52.0 Å². The number of nitrogens with zero attached hydrogens (tertiary/aromatic N) is 1. The fourth-order valence-corrected chi connectivity index (χ4v) is 5.53. The maximum Gasteiger partial charge on any atom is 0.257 e. The highest BCUT2D eigenvalue weighted by molar-refractivity contribution is 5.87. The van der Waals surface area contributed by atoms with Crippen LogP contribution in [0, 0.1) is 23.7 Å². The van der Waals surface area contributed by atoms with Crippen molar-refractivity contribution in [2.24, 2.45) is 23.7 Å². The van der Waals surface area contributed by atoms with Gasteiger partial charge in [-0.3, -0.25) is 9.69 Å². The van der Waals surface area contributed by atoms with Crippen molar-refractivity contribution in [3.63, 3.8) is 0 Å². The van der Waals surface area contributed by atoms with Gasteiger partial charge in [-0.25, -0.2) is 0 Å². The van der Waals surface area contributed by atoms with Gasteiger partial charge in [-0.15, -0.1) is 0 Å². The normalized spacial score (nSPS) is 31.1. The van der Waals surface area contributed by atoms with Gasteiger partial charge in [0, 0.05) is 31.1 Å². The Bertz CT molecular complexity index is 660. The molecule has 3 aliphatic rings. The minimum atomic E-state index is -1.38. The Kier molecular flexibility index (Phi) is 5.06. The van der Waals surface area contributed by atoms with Crippen molar-refractivity contribution in [2.45, 2.75) is 64.1 Å². The predicted octanol–water partition coefficient (Wildman–Crippen LogP) is 3.16. The Labute approximate surface area is 163 Å². The van der Waals surface area contributed by atoms with Crippen LogP contribution in [-0.2, 0) is 10.4 Å². The highest BCUT2D eigenvalue weighted by Crippen LogP contribution is 2.48. The summed E-state index contributed by atoms with van der Waals surface area (Å²) in [7, 11) is 0. The highest BCUT2D eigenvalue weighted by Gasteiger charge is 2.59. The third-order valence-electron chi connectivity index (χ3n) is 7.43. The molecule has 2 N–H and O–H groups in total. The summed E-state index contributed by atoms with van der Waals surface area (Å²) in [6.07, 6.45) is 4.14. The van der Waals surface area contributed by atoms with E-state index < -0.39 is 5.60 Å². The van der Waals surface area contributed by atoms with Crippen LogP contribution < -0.4 is 5.32 Å². The first-order valence-corrected chi connectivity index (χ1v) is 10.8. The Balaban J connectivity index is 1.41. The topological polar surface area (TPSA) is 52.6 Å². The number of hydrogen-bond donors (Lipinski definition) is 2. The number of benzene rings is 1. The van der Waals surface area contributed by atoms with E-state index in [9.17, 15) is 9.90 Å². The molecule has 4 unspecified atom stereocenters. The standard InChI is InChI=1S/C23H34N2O2/c1-4-20(15(2)3)25-13-18-19(14-25)21(18)24-22(26)23(27,17-11-8-12-17)16-9-6-5-7-10-16/h5-7,9-10,15,17-21,27H,4,8,11-14H2,1-3H3,(H,24,26)/t18-,19?,20?,21?,23?/m0/s1. The van der Waals surface area contributed by atoms with E-state index in [1.54, 1.807) is 0 Å². The van der Waals surface area contributed by atoms with Gasteiger partial charge in [0.1, 0.15) is 0 Å². The lowest BCUT2D eigenvalue weighted by molar-refractivity contribution is -0.152.